The van der Waals surface area contributed by atoms with Crippen molar-refractivity contribution in [1.82, 2.24) is 4.90 Å². The number of benzene rings is 1. The van der Waals surface area contributed by atoms with Gasteiger partial charge in [0.1, 0.15) is 11.6 Å². The molecule has 0 aliphatic carbocycles. The number of anilines is 1. The molecule has 25 heavy (non-hydrogen) atoms. The molecule has 1 fully saturated rings. The van der Waals surface area contributed by atoms with Crippen molar-refractivity contribution in [2.45, 2.75) is 64.8 Å². The van der Waals surface area contributed by atoms with Crippen LogP contribution in [0.3, 0.4) is 0 Å². The smallest absolute Gasteiger partial charge is 0.267 e. The van der Waals surface area contributed by atoms with Crippen LogP contribution in [-0.2, 0) is 11.2 Å². The van der Waals surface area contributed by atoms with Gasteiger partial charge in [-0.15, -0.1) is 0 Å². The number of nitrogens with one attached hydrogen (secondary N) is 1. The van der Waals surface area contributed by atoms with E-state index < -0.39 is 0 Å². The average Bonchev–Trinajstić information content (AvgIpc) is 2.65. The molecule has 4 nitrogen and oxygen atoms in total. The third-order valence-corrected chi connectivity index (χ3v) is 4.83. The van der Waals surface area contributed by atoms with Gasteiger partial charge in [0, 0.05) is 24.5 Å². The molecule has 1 aliphatic rings. The molecule has 1 aromatic carbocycles. The van der Waals surface area contributed by atoms with Crippen LogP contribution in [0.15, 0.2) is 36.0 Å². The first-order valence-corrected chi connectivity index (χ1v) is 9.45. The normalized spacial score (nSPS) is 17.9. The van der Waals surface area contributed by atoms with E-state index in [0.29, 0.717) is 6.04 Å². The van der Waals surface area contributed by atoms with E-state index in [4.69, 9.17) is 0 Å². The zero-order valence-electron chi connectivity index (χ0n) is 15.4. The summed E-state index contributed by atoms with van der Waals surface area (Å²) in [6.07, 6.45) is 9.65. The number of piperidine rings is 1. The second kappa shape index (κ2) is 9.88. The van der Waals surface area contributed by atoms with Gasteiger partial charge in [-0.2, -0.15) is 5.26 Å². The van der Waals surface area contributed by atoms with Crippen molar-refractivity contribution in [3.63, 3.8) is 0 Å². The fourth-order valence-electron chi connectivity index (χ4n) is 3.27. The minimum atomic E-state index is -0.329. The Kier molecular flexibility index (Phi) is 7.53. The summed E-state index contributed by atoms with van der Waals surface area (Å²) >= 11 is 0. The van der Waals surface area contributed by atoms with Gasteiger partial charge in [-0.05, 0) is 56.2 Å². The summed E-state index contributed by atoms with van der Waals surface area (Å²) in [6, 6.07) is 10.4. The Balaban J connectivity index is 2.02. The number of nitrogens with zero attached hydrogens (tertiary/aromatic N) is 2. The maximum atomic E-state index is 12.4. The number of unbranched alkanes of at least 4 members (excludes halogenated alkanes) is 1. The quantitative estimate of drug-likeness (QED) is 0.581. The van der Waals surface area contributed by atoms with Crippen molar-refractivity contribution in [3.05, 3.63) is 41.6 Å². The van der Waals surface area contributed by atoms with Gasteiger partial charge >= 0.3 is 0 Å². The van der Waals surface area contributed by atoms with Crippen LogP contribution in [0.1, 0.15) is 57.9 Å². The monoisotopic (exact) mass is 339 g/mol. The molecule has 0 aromatic heterocycles. The lowest BCUT2D eigenvalue weighted by molar-refractivity contribution is -0.112. The first-order chi connectivity index (χ1) is 12.2. The van der Waals surface area contributed by atoms with E-state index in [0.717, 1.165) is 37.9 Å². The number of carbonyl (C=O) groups is 1. The highest BCUT2D eigenvalue weighted by molar-refractivity contribution is 6.06. The Hall–Kier alpha value is -2.28. The molecule has 1 atom stereocenters. The Morgan fingerprint density at radius 3 is 2.72 bits per heavy atom. The molecule has 134 valence electrons. The van der Waals surface area contributed by atoms with Gasteiger partial charge < -0.3 is 10.2 Å². The summed E-state index contributed by atoms with van der Waals surface area (Å²) < 4.78 is 0. The van der Waals surface area contributed by atoms with Crippen molar-refractivity contribution in [2.24, 2.45) is 0 Å². The highest BCUT2D eigenvalue weighted by Gasteiger charge is 2.20. The number of likely N-dealkylation sites (tertiary alicyclic amines) is 1. The summed E-state index contributed by atoms with van der Waals surface area (Å²) in [6.45, 7) is 5.25. The van der Waals surface area contributed by atoms with Crippen LogP contribution >= 0.6 is 0 Å². The van der Waals surface area contributed by atoms with E-state index in [9.17, 15) is 10.1 Å². The van der Waals surface area contributed by atoms with E-state index >= 15 is 0 Å². The minimum absolute atomic E-state index is 0.176. The number of hydrogen-bond acceptors (Lipinski definition) is 3. The maximum absolute atomic E-state index is 12.4. The number of rotatable bonds is 7. The van der Waals surface area contributed by atoms with E-state index in [1.54, 1.807) is 6.20 Å². The number of carbonyl (C=O) groups excluding carboxylic acids is 1. The maximum Gasteiger partial charge on any atom is 0.267 e. The molecule has 0 radical (unpaired) electrons. The molecule has 1 saturated heterocycles. The summed E-state index contributed by atoms with van der Waals surface area (Å²) in [5.41, 5.74) is 2.18. The minimum Gasteiger partial charge on any atom is -0.373 e. The number of aryl methyl sites for hydroxylation is 1. The Labute approximate surface area is 151 Å². The van der Waals surface area contributed by atoms with Crippen LogP contribution in [0.4, 0.5) is 5.69 Å². The van der Waals surface area contributed by atoms with E-state index in [1.165, 1.54) is 24.8 Å². The molecular weight excluding hydrogens is 310 g/mol. The van der Waals surface area contributed by atoms with Gasteiger partial charge in [0.15, 0.2) is 0 Å². The topological polar surface area (TPSA) is 56.1 Å². The van der Waals surface area contributed by atoms with Gasteiger partial charge in [-0.25, -0.2) is 0 Å². The van der Waals surface area contributed by atoms with Crippen LogP contribution in [0.25, 0.3) is 0 Å². The van der Waals surface area contributed by atoms with Gasteiger partial charge in [-0.3, -0.25) is 4.79 Å². The molecule has 4 heteroatoms. The molecule has 1 aliphatic heterocycles. The van der Waals surface area contributed by atoms with Crippen LogP contribution in [0, 0.1) is 11.3 Å². The predicted molar refractivity (Wildman–Crippen MR) is 102 cm³/mol. The molecule has 1 N–H and O–H groups in total. The molecule has 1 unspecified atom stereocenters. The zero-order chi connectivity index (χ0) is 18.1. The molecule has 0 spiro atoms. The van der Waals surface area contributed by atoms with Crippen molar-refractivity contribution in [1.29, 1.82) is 5.26 Å². The first kappa shape index (κ1) is 19.1. The van der Waals surface area contributed by atoms with Gasteiger partial charge in [0.25, 0.3) is 5.91 Å². The number of hydrogen-bond donors (Lipinski definition) is 1. The first-order valence-electron chi connectivity index (χ1n) is 9.45. The third-order valence-electron chi connectivity index (χ3n) is 4.83. The van der Waals surface area contributed by atoms with Gasteiger partial charge in [-0.1, -0.05) is 32.4 Å². The molecule has 2 rings (SSSR count). The fraction of sp³-hybridized carbons (Fsp3) is 0.524. The van der Waals surface area contributed by atoms with E-state index in [1.807, 2.05) is 24.3 Å². The summed E-state index contributed by atoms with van der Waals surface area (Å²) in [4.78, 5) is 14.6. The zero-order valence-corrected chi connectivity index (χ0v) is 15.4. The summed E-state index contributed by atoms with van der Waals surface area (Å²) in [5.74, 6) is -0.329. The highest BCUT2D eigenvalue weighted by atomic mass is 16.1. The van der Waals surface area contributed by atoms with Crippen LogP contribution in [0.2, 0.25) is 0 Å². The molecule has 1 heterocycles. The van der Waals surface area contributed by atoms with Crippen LogP contribution in [-0.4, -0.2) is 23.4 Å². The lowest BCUT2D eigenvalue weighted by Crippen LogP contribution is -2.35. The van der Waals surface area contributed by atoms with Crippen LogP contribution in [0.5, 0.6) is 0 Å². The molecule has 1 amide bonds. The summed E-state index contributed by atoms with van der Waals surface area (Å²) in [7, 11) is 0. The van der Waals surface area contributed by atoms with Crippen LogP contribution < -0.4 is 5.32 Å². The lowest BCUT2D eigenvalue weighted by Gasteiger charge is -2.34. The van der Waals surface area contributed by atoms with Crippen molar-refractivity contribution < 1.29 is 4.79 Å². The Morgan fingerprint density at radius 1 is 1.32 bits per heavy atom. The Morgan fingerprint density at radius 2 is 2.08 bits per heavy atom. The molecule has 0 saturated carbocycles. The largest absolute Gasteiger partial charge is 0.373 e. The van der Waals surface area contributed by atoms with E-state index in [2.05, 4.69) is 30.1 Å². The fourth-order valence-corrected chi connectivity index (χ4v) is 3.27. The van der Waals surface area contributed by atoms with E-state index in [-0.39, 0.29) is 11.5 Å². The third kappa shape index (κ3) is 5.63. The number of nitriles is 1. The predicted octanol–water partition coefficient (Wildman–Crippen LogP) is 4.64. The lowest BCUT2D eigenvalue weighted by atomic mass is 10.0. The summed E-state index contributed by atoms with van der Waals surface area (Å²) in [5, 5.41) is 12.2. The van der Waals surface area contributed by atoms with Gasteiger partial charge in [0.05, 0.1) is 0 Å². The Bertz CT molecular complexity index is 628. The highest BCUT2D eigenvalue weighted by Crippen LogP contribution is 2.21. The molecule has 1 aromatic rings. The molecule has 0 bridgehead atoms. The van der Waals surface area contributed by atoms with Crippen molar-refractivity contribution in [3.8, 4) is 6.07 Å². The standard InChI is InChI=1S/C21H29N3O/c1-3-5-8-17-10-12-19(13-11-17)23-21(25)18(15-22)16-24-14-7-6-9-20(24)4-2/h10-13,16,20H,3-9,14H2,1-2H3,(H,23,25)/b18-16-. The molecular formula is C21H29N3O. The SMILES string of the molecule is CCCCc1ccc(NC(=O)/C(C#N)=C\N2CCCCC2CC)cc1. The second-order valence-electron chi connectivity index (χ2n) is 6.70. The average molecular weight is 339 g/mol. The van der Waals surface area contributed by atoms with Gasteiger partial charge in [0.2, 0.25) is 0 Å². The second-order valence-corrected chi connectivity index (χ2v) is 6.70. The van der Waals surface area contributed by atoms with Crippen molar-refractivity contribution in [2.75, 3.05) is 11.9 Å². The van der Waals surface area contributed by atoms with Crippen molar-refractivity contribution >= 4 is 11.6 Å². The number of amides is 1.